The summed E-state index contributed by atoms with van der Waals surface area (Å²) in [7, 11) is 0. The van der Waals surface area contributed by atoms with Crippen LogP contribution in [-0.2, 0) is 6.54 Å². The molecule has 0 unspecified atom stereocenters. The van der Waals surface area contributed by atoms with E-state index in [1.807, 2.05) is 16.8 Å². The molecule has 1 aromatic heterocycles. The Hall–Kier alpha value is -0.770. The minimum atomic E-state index is 0.0677. The van der Waals surface area contributed by atoms with E-state index in [2.05, 4.69) is 28.2 Å². The van der Waals surface area contributed by atoms with Crippen molar-refractivity contribution in [2.45, 2.75) is 64.5 Å². The first-order valence-electron chi connectivity index (χ1n) is 7.37. The van der Waals surface area contributed by atoms with E-state index >= 15 is 0 Å². The standard InChI is InChI=1S/C15H23BrN2O/c1-2-18-11-12(16)10-14(18)15(19)17-13-8-6-4-3-5-7-9-13/h10-11,13H,2-9H2,1H3,(H,17,19). The summed E-state index contributed by atoms with van der Waals surface area (Å²) in [6, 6.07) is 2.26. The molecule has 0 aromatic carbocycles. The molecule has 1 heterocycles. The number of amides is 1. The van der Waals surface area contributed by atoms with Gasteiger partial charge in [0.15, 0.2) is 0 Å². The lowest BCUT2D eigenvalue weighted by Crippen LogP contribution is -2.36. The molecule has 1 aliphatic carbocycles. The third-order valence-electron chi connectivity index (χ3n) is 3.88. The second kappa shape index (κ2) is 7.13. The van der Waals surface area contributed by atoms with E-state index in [1.54, 1.807) is 0 Å². The van der Waals surface area contributed by atoms with Crippen LogP contribution in [0.3, 0.4) is 0 Å². The van der Waals surface area contributed by atoms with Gasteiger partial charge in [0.1, 0.15) is 5.69 Å². The zero-order valence-corrected chi connectivity index (χ0v) is 13.2. The quantitative estimate of drug-likeness (QED) is 0.890. The third-order valence-corrected chi connectivity index (χ3v) is 4.31. The summed E-state index contributed by atoms with van der Waals surface area (Å²) >= 11 is 3.44. The van der Waals surface area contributed by atoms with E-state index in [0.29, 0.717) is 6.04 Å². The van der Waals surface area contributed by atoms with Gasteiger partial charge in [-0.1, -0.05) is 32.1 Å². The van der Waals surface area contributed by atoms with E-state index < -0.39 is 0 Å². The highest BCUT2D eigenvalue weighted by molar-refractivity contribution is 9.10. The van der Waals surface area contributed by atoms with Gasteiger partial charge in [0.2, 0.25) is 0 Å². The topological polar surface area (TPSA) is 34.0 Å². The fourth-order valence-electron chi connectivity index (χ4n) is 2.79. The number of nitrogens with zero attached hydrogens (tertiary/aromatic N) is 1. The molecule has 1 aromatic rings. The average molecular weight is 327 g/mol. The van der Waals surface area contributed by atoms with Gasteiger partial charge in [-0.25, -0.2) is 0 Å². The normalized spacial score (nSPS) is 17.8. The van der Waals surface area contributed by atoms with E-state index in [-0.39, 0.29) is 5.91 Å². The lowest BCUT2D eigenvalue weighted by Gasteiger charge is -2.21. The minimum absolute atomic E-state index is 0.0677. The lowest BCUT2D eigenvalue weighted by atomic mass is 9.96. The molecule has 0 atom stereocenters. The second-order valence-electron chi connectivity index (χ2n) is 5.35. The molecule has 1 aliphatic rings. The number of aromatic nitrogens is 1. The molecule has 2 rings (SSSR count). The molecular weight excluding hydrogens is 304 g/mol. The Labute approximate surface area is 123 Å². The van der Waals surface area contributed by atoms with Gasteiger partial charge in [-0.3, -0.25) is 4.79 Å². The maximum Gasteiger partial charge on any atom is 0.268 e. The summed E-state index contributed by atoms with van der Waals surface area (Å²) < 4.78 is 2.96. The van der Waals surface area contributed by atoms with E-state index in [0.717, 1.165) is 29.6 Å². The van der Waals surface area contributed by atoms with Crippen molar-refractivity contribution in [1.82, 2.24) is 9.88 Å². The van der Waals surface area contributed by atoms with Gasteiger partial charge in [0, 0.05) is 23.3 Å². The van der Waals surface area contributed by atoms with Crippen LogP contribution in [-0.4, -0.2) is 16.5 Å². The monoisotopic (exact) mass is 326 g/mol. The first-order chi connectivity index (χ1) is 9.20. The van der Waals surface area contributed by atoms with E-state index in [9.17, 15) is 4.79 Å². The highest BCUT2D eigenvalue weighted by atomic mass is 79.9. The number of aryl methyl sites for hydroxylation is 1. The van der Waals surface area contributed by atoms with Crippen molar-refractivity contribution >= 4 is 21.8 Å². The van der Waals surface area contributed by atoms with E-state index in [1.165, 1.54) is 32.1 Å². The number of hydrogen-bond donors (Lipinski definition) is 1. The van der Waals surface area contributed by atoms with Crippen LogP contribution >= 0.6 is 15.9 Å². The zero-order chi connectivity index (χ0) is 13.7. The Morgan fingerprint density at radius 1 is 1.32 bits per heavy atom. The van der Waals surface area contributed by atoms with Crippen LogP contribution in [0.15, 0.2) is 16.7 Å². The number of carbonyl (C=O) groups is 1. The zero-order valence-electron chi connectivity index (χ0n) is 11.6. The average Bonchev–Trinajstić information content (AvgIpc) is 2.73. The Bertz CT molecular complexity index is 420. The summed E-state index contributed by atoms with van der Waals surface area (Å²) in [5.74, 6) is 0.0677. The molecule has 0 radical (unpaired) electrons. The fourth-order valence-corrected chi connectivity index (χ4v) is 3.25. The van der Waals surface area contributed by atoms with Crippen LogP contribution in [0, 0.1) is 0 Å². The molecule has 4 heteroatoms. The van der Waals surface area contributed by atoms with Crippen LogP contribution in [0.4, 0.5) is 0 Å². The van der Waals surface area contributed by atoms with Crippen molar-refractivity contribution in [3.05, 3.63) is 22.4 Å². The number of hydrogen-bond acceptors (Lipinski definition) is 1. The number of carbonyl (C=O) groups excluding carboxylic acids is 1. The second-order valence-corrected chi connectivity index (χ2v) is 6.26. The summed E-state index contributed by atoms with van der Waals surface area (Å²) in [5.41, 5.74) is 0.761. The molecule has 0 spiro atoms. The van der Waals surface area contributed by atoms with Gasteiger partial charge in [-0.2, -0.15) is 0 Å². The first kappa shape index (κ1) is 14.6. The van der Waals surface area contributed by atoms with Gasteiger partial charge >= 0.3 is 0 Å². The molecule has 1 saturated carbocycles. The van der Waals surface area contributed by atoms with Gasteiger partial charge in [0.05, 0.1) is 0 Å². The Morgan fingerprint density at radius 2 is 1.95 bits per heavy atom. The lowest BCUT2D eigenvalue weighted by molar-refractivity contribution is 0.0921. The van der Waals surface area contributed by atoms with Crippen LogP contribution < -0.4 is 5.32 Å². The van der Waals surface area contributed by atoms with Gasteiger partial charge in [-0.05, 0) is 41.8 Å². The number of nitrogens with one attached hydrogen (secondary N) is 1. The van der Waals surface area contributed by atoms with Crippen molar-refractivity contribution in [3.8, 4) is 0 Å². The van der Waals surface area contributed by atoms with Crippen molar-refractivity contribution < 1.29 is 4.79 Å². The molecule has 1 N–H and O–H groups in total. The summed E-state index contributed by atoms with van der Waals surface area (Å²) in [6.07, 6.45) is 10.7. The SMILES string of the molecule is CCn1cc(Br)cc1C(=O)NC1CCCCCCC1. The number of halogens is 1. The molecule has 3 nitrogen and oxygen atoms in total. The smallest absolute Gasteiger partial charge is 0.268 e. The third kappa shape index (κ3) is 4.10. The number of rotatable bonds is 3. The molecule has 19 heavy (non-hydrogen) atoms. The van der Waals surface area contributed by atoms with E-state index in [4.69, 9.17) is 0 Å². The van der Waals surface area contributed by atoms with Crippen LogP contribution in [0.2, 0.25) is 0 Å². The van der Waals surface area contributed by atoms with Crippen LogP contribution in [0.25, 0.3) is 0 Å². The van der Waals surface area contributed by atoms with Gasteiger partial charge < -0.3 is 9.88 Å². The summed E-state index contributed by atoms with van der Waals surface area (Å²) in [6.45, 7) is 2.87. The van der Waals surface area contributed by atoms with Gasteiger partial charge in [0.25, 0.3) is 5.91 Å². The Morgan fingerprint density at radius 3 is 2.58 bits per heavy atom. The van der Waals surface area contributed by atoms with Crippen molar-refractivity contribution in [2.75, 3.05) is 0 Å². The van der Waals surface area contributed by atoms with Crippen molar-refractivity contribution in [2.24, 2.45) is 0 Å². The highest BCUT2D eigenvalue weighted by Gasteiger charge is 2.17. The first-order valence-corrected chi connectivity index (χ1v) is 8.16. The Kier molecular flexibility index (Phi) is 5.49. The predicted octanol–water partition coefficient (Wildman–Crippen LogP) is 4.11. The largest absolute Gasteiger partial charge is 0.348 e. The highest BCUT2D eigenvalue weighted by Crippen LogP contribution is 2.19. The fraction of sp³-hybridized carbons (Fsp3) is 0.667. The van der Waals surface area contributed by atoms with Crippen molar-refractivity contribution in [1.29, 1.82) is 0 Å². The van der Waals surface area contributed by atoms with Crippen molar-refractivity contribution in [3.63, 3.8) is 0 Å². The van der Waals surface area contributed by atoms with Crippen LogP contribution in [0.1, 0.15) is 62.4 Å². The maximum atomic E-state index is 12.4. The predicted molar refractivity (Wildman–Crippen MR) is 81.4 cm³/mol. The Balaban J connectivity index is 1.98. The summed E-state index contributed by atoms with van der Waals surface area (Å²) in [4.78, 5) is 12.4. The molecule has 0 bridgehead atoms. The maximum absolute atomic E-state index is 12.4. The minimum Gasteiger partial charge on any atom is -0.348 e. The molecule has 1 fully saturated rings. The van der Waals surface area contributed by atoms with Crippen LogP contribution in [0.5, 0.6) is 0 Å². The molecule has 106 valence electrons. The molecule has 0 aliphatic heterocycles. The summed E-state index contributed by atoms with van der Waals surface area (Å²) in [5, 5.41) is 3.21. The van der Waals surface area contributed by atoms with Gasteiger partial charge in [-0.15, -0.1) is 0 Å². The molecular formula is C15H23BrN2O. The molecule has 1 amide bonds. The molecule has 0 saturated heterocycles.